The summed E-state index contributed by atoms with van der Waals surface area (Å²) in [7, 11) is -9.88. The van der Waals surface area contributed by atoms with E-state index in [9.17, 15) is 32.9 Å². The van der Waals surface area contributed by atoms with E-state index >= 15 is 0 Å². The minimum Gasteiger partial charge on any atom is -0.480 e. The highest BCUT2D eigenvalue weighted by atomic mass is 127. The van der Waals surface area contributed by atoms with Crippen molar-refractivity contribution < 1.29 is 95.9 Å². The Kier molecular flexibility index (Phi) is 33.2. The Labute approximate surface area is 265 Å². The van der Waals surface area contributed by atoms with Crippen molar-refractivity contribution >= 4 is 77.6 Å². The van der Waals surface area contributed by atoms with E-state index in [2.05, 4.69) is 15.2 Å². The van der Waals surface area contributed by atoms with Crippen LogP contribution in [0.15, 0.2) is 0 Å². The lowest BCUT2D eigenvalue weighted by Crippen LogP contribution is -2.43. The molecule has 0 bridgehead atoms. The number of carbonyl (C=O) groups excluding carboxylic acids is 4. The van der Waals surface area contributed by atoms with Crippen LogP contribution in [0.2, 0.25) is 0 Å². The van der Waals surface area contributed by atoms with Crippen LogP contribution in [0.1, 0.15) is 28.1 Å². The summed E-state index contributed by atoms with van der Waals surface area (Å²) in [6, 6.07) is -1.30. The zero-order valence-electron chi connectivity index (χ0n) is 21.8. The molecule has 1 atom stereocenters. The van der Waals surface area contributed by atoms with Gasteiger partial charge in [-0.3, -0.25) is 24.0 Å². The molecule has 0 spiro atoms. The van der Waals surface area contributed by atoms with E-state index < -0.39 is 66.6 Å². The highest BCUT2D eigenvalue weighted by Crippen LogP contribution is 2.34. The molecule has 0 radical (unpaired) electrons. The van der Waals surface area contributed by atoms with Gasteiger partial charge >= 0.3 is 53.6 Å². The van der Waals surface area contributed by atoms with E-state index in [4.69, 9.17) is 44.3 Å². The van der Waals surface area contributed by atoms with Gasteiger partial charge in [-0.1, -0.05) is 0 Å². The number of aliphatic carboxylic acids is 2. The first kappa shape index (κ1) is 48.6. The molecule has 0 aliphatic rings. The first-order chi connectivity index (χ1) is 18.2. The molecule has 0 aliphatic heterocycles. The maximum Gasteiger partial charge on any atom is 0.696 e. The monoisotopic (exact) mass is 796 g/mol. The second kappa shape index (κ2) is 28.0. The predicted molar refractivity (Wildman–Crippen MR) is 167 cm³/mol. The summed E-state index contributed by atoms with van der Waals surface area (Å²) < 4.78 is 34.7. The molecule has 10 N–H and O–H groups in total. The number of urea groups is 2. The van der Waals surface area contributed by atoms with Gasteiger partial charge in [-0.25, -0.2) is 9.59 Å². The van der Waals surface area contributed by atoms with Crippen molar-refractivity contribution in [2.24, 2.45) is 0 Å². The van der Waals surface area contributed by atoms with Gasteiger partial charge in [0.2, 0.25) is 0 Å². The van der Waals surface area contributed by atoms with E-state index in [0.717, 1.165) is 9.80 Å². The fourth-order valence-corrected chi connectivity index (χ4v) is 2.94. The molecule has 0 saturated heterocycles. The largest absolute Gasteiger partial charge is 0.696 e. The van der Waals surface area contributed by atoms with E-state index in [0.29, 0.717) is 6.54 Å². The number of hydrogen-bond acceptors (Lipinski definition) is 11. The lowest BCUT2D eigenvalue weighted by molar-refractivity contribution is -0.191. The van der Waals surface area contributed by atoms with E-state index in [1.807, 2.05) is 5.32 Å². The number of amides is 4. The topological polar surface area (TPSA) is 347 Å². The van der Waals surface area contributed by atoms with E-state index in [1.54, 1.807) is 13.8 Å². The summed E-state index contributed by atoms with van der Waals surface area (Å²) in [5.41, 5.74) is 0. The van der Waals surface area contributed by atoms with Gasteiger partial charge in [-0.05, 0) is 13.8 Å². The van der Waals surface area contributed by atoms with Crippen molar-refractivity contribution in [2.45, 2.75) is 13.8 Å². The second-order valence-electron chi connectivity index (χ2n) is 6.47. The molecular formula is C15H54IN5O17P3+. The van der Waals surface area contributed by atoms with Crippen LogP contribution in [0, 0.1) is 0 Å². The molecule has 0 heterocycles. The lowest BCUT2D eigenvalue weighted by atomic mass is 10.5. The van der Waals surface area contributed by atoms with Crippen LogP contribution in [-0.4, -0.2) is 127 Å². The maximum atomic E-state index is 11.5. The summed E-state index contributed by atoms with van der Waals surface area (Å²) in [5, 5.41) is 23.1. The third kappa shape index (κ3) is 45.1. The second-order valence-corrected chi connectivity index (χ2v) is 10.5. The molecule has 0 aromatic carbocycles. The third-order valence-electron chi connectivity index (χ3n) is 3.04. The fourth-order valence-electron chi connectivity index (χ4n) is 1.71. The van der Waals surface area contributed by atoms with Crippen molar-refractivity contribution in [3.8, 4) is 0 Å². The summed E-state index contributed by atoms with van der Waals surface area (Å²) in [5.74, 6) is -2.23. The average Bonchev–Trinajstić information content (AvgIpc) is 2.78. The van der Waals surface area contributed by atoms with Crippen LogP contribution in [0.4, 0.5) is 9.59 Å². The summed E-state index contributed by atoms with van der Waals surface area (Å²) in [6.07, 6.45) is -1.11. The molecule has 0 rings (SSSR count). The van der Waals surface area contributed by atoms with Crippen molar-refractivity contribution in [1.82, 2.24) is 25.8 Å². The minimum atomic E-state index is -4.33. The Balaban J connectivity index is -0.0000000260. The van der Waals surface area contributed by atoms with Gasteiger partial charge < -0.3 is 50.2 Å². The molecule has 22 nitrogen and oxygen atoms in total. The number of rotatable bonds is 13. The number of likely N-dealkylation sites (N-methyl/N-ethyl adjacent to an activating group) is 1. The van der Waals surface area contributed by atoms with Crippen LogP contribution in [0.5, 0.6) is 0 Å². The van der Waals surface area contributed by atoms with Crippen LogP contribution in [0.25, 0.3) is 0 Å². The summed E-state index contributed by atoms with van der Waals surface area (Å²) in [6.45, 7) is 2.83. The van der Waals surface area contributed by atoms with Crippen molar-refractivity contribution in [3.63, 3.8) is 0 Å². The number of carboxylic acids is 2. The molecule has 0 aromatic heterocycles. The van der Waals surface area contributed by atoms with Crippen LogP contribution in [-0.2, 0) is 37.4 Å². The Morgan fingerprint density at radius 2 is 1.46 bits per heavy atom. The molecule has 4 amide bonds. The fraction of sp³-hybridized carbons (Fsp3) is 0.667. The Morgan fingerprint density at radius 3 is 1.78 bits per heavy atom. The van der Waals surface area contributed by atoms with Gasteiger partial charge in [-0.15, -0.1) is 33.4 Å². The number of halogens is 1. The standard InChI is InChI=1S/C7H15N2O6P.C4H11N2O4P.C3H6NO5P.CO2.HI.10H2/c1-3-9(4-6(10)11)7(12)8(2)5-16(13,14)15;1-2-5-4(7)6-3-11(8,9)10;5-3(6)1-4-2-9-10(7)8;2-1-3;;;;;;;;;;;/h3-5H2,1-2H3,(H,10,11)(H2,13,14,15);2-3H2,1H3,(H2,5,6,7)(H2,8,9,10);4H,1-2H2,(H-,5,6,7,8);;11*1H/p+1. The minimum absolute atomic E-state index is 0. The molecule has 0 saturated carbocycles. The van der Waals surface area contributed by atoms with E-state index in [-0.39, 0.29) is 64.2 Å². The molecule has 0 fully saturated rings. The lowest BCUT2D eigenvalue weighted by Gasteiger charge is -2.25. The van der Waals surface area contributed by atoms with Gasteiger partial charge in [0.1, 0.15) is 19.1 Å². The SMILES string of the molecule is CCN(CC(=O)O)C(=O)N(C)CP(=O)(O)O.CCNC(=O)NCP(=O)(O)O.I.O=C(O)CNCO[P+](=O)O.O=C=O.[HH].[HH].[HH].[HH].[HH].[HH].[HH].[HH].[HH].[HH]. The first-order valence-corrected chi connectivity index (χ1v) is 14.9. The number of carbonyl (C=O) groups is 4. The Hall–Kier alpha value is -2.13. The van der Waals surface area contributed by atoms with Gasteiger partial charge in [0.25, 0.3) is 0 Å². The average molecular weight is 796 g/mol. The molecular weight excluding hydrogens is 742 g/mol. The number of nitrogens with one attached hydrogen (secondary N) is 3. The van der Waals surface area contributed by atoms with Crippen LogP contribution in [0.3, 0.4) is 0 Å². The highest BCUT2D eigenvalue weighted by Gasteiger charge is 2.24. The number of nitrogens with zero attached hydrogens (tertiary/aromatic N) is 2. The quantitative estimate of drug-likeness (QED) is 0.0533. The maximum absolute atomic E-state index is 11.5. The van der Waals surface area contributed by atoms with Crippen LogP contribution < -0.4 is 16.0 Å². The third-order valence-corrected chi connectivity index (χ3v) is 4.75. The van der Waals surface area contributed by atoms with Crippen molar-refractivity contribution in [3.05, 3.63) is 0 Å². The molecule has 0 aliphatic carbocycles. The van der Waals surface area contributed by atoms with E-state index in [1.165, 1.54) is 7.05 Å². The van der Waals surface area contributed by atoms with Gasteiger partial charge in [0.05, 0.1) is 6.54 Å². The molecule has 1 unspecified atom stereocenters. The smallest absolute Gasteiger partial charge is 0.480 e. The van der Waals surface area contributed by atoms with Gasteiger partial charge in [0, 0.05) is 39.0 Å². The Morgan fingerprint density at radius 1 is 0.976 bits per heavy atom. The van der Waals surface area contributed by atoms with Crippen molar-refractivity contribution in [2.75, 3.05) is 52.5 Å². The van der Waals surface area contributed by atoms with Gasteiger partial charge in [0.15, 0.2) is 6.73 Å². The molecule has 41 heavy (non-hydrogen) atoms. The normalized spacial score (nSPS) is 10.1. The molecule has 0 aromatic rings. The number of carboxylic acid groups (broad SMARTS) is 2. The van der Waals surface area contributed by atoms with Crippen molar-refractivity contribution in [1.29, 1.82) is 0 Å². The first-order valence-electron chi connectivity index (χ1n) is 10.2. The predicted octanol–water partition coefficient (Wildman–Crippen LogP) is 0.800. The zero-order valence-corrected chi connectivity index (χ0v) is 26.8. The number of hydrogen-bond donors (Lipinski definition) is 10. The Bertz CT molecular complexity index is 945. The zero-order chi connectivity index (χ0) is 32.5. The molecule has 262 valence electrons. The van der Waals surface area contributed by atoms with Crippen LogP contribution >= 0.6 is 47.4 Å². The summed E-state index contributed by atoms with van der Waals surface area (Å²) >= 11 is 0. The summed E-state index contributed by atoms with van der Waals surface area (Å²) in [4.78, 5) is 102. The highest BCUT2D eigenvalue weighted by molar-refractivity contribution is 14.0. The van der Waals surface area contributed by atoms with Gasteiger partial charge in [-0.2, -0.15) is 9.59 Å². The molecule has 26 heteroatoms.